The van der Waals surface area contributed by atoms with E-state index in [1.807, 2.05) is 0 Å². The van der Waals surface area contributed by atoms with Crippen molar-refractivity contribution in [1.29, 1.82) is 0 Å². The van der Waals surface area contributed by atoms with Gasteiger partial charge in [0.05, 0.1) is 13.4 Å². The highest BCUT2D eigenvalue weighted by atomic mass is 16.5. The number of aromatic amines is 1. The first kappa shape index (κ1) is 12.9. The standard InChI is InChI=1S/C13H21N3O2/c1-9-3-5-10(6-4-9)7-14-12-11(18-2)13(17)16-8-15-12/h8-10H,3-7H2,1-2H3,(H2,14,15,16,17). The van der Waals surface area contributed by atoms with E-state index >= 15 is 0 Å². The fraction of sp³-hybridized carbons (Fsp3) is 0.692. The first-order valence-corrected chi connectivity index (χ1v) is 6.56. The third-order valence-corrected chi connectivity index (χ3v) is 3.71. The number of nitrogens with one attached hydrogen (secondary N) is 2. The summed E-state index contributed by atoms with van der Waals surface area (Å²) in [7, 11) is 1.49. The molecule has 2 N–H and O–H groups in total. The van der Waals surface area contributed by atoms with Gasteiger partial charge in [-0.2, -0.15) is 0 Å². The van der Waals surface area contributed by atoms with Crippen molar-refractivity contribution in [2.75, 3.05) is 19.0 Å². The normalized spacial score (nSPS) is 23.7. The molecular formula is C13H21N3O2. The number of H-pyrrole nitrogens is 1. The van der Waals surface area contributed by atoms with E-state index in [2.05, 4.69) is 22.2 Å². The Morgan fingerprint density at radius 1 is 1.44 bits per heavy atom. The molecule has 5 heteroatoms. The first-order chi connectivity index (χ1) is 8.70. The van der Waals surface area contributed by atoms with E-state index in [4.69, 9.17) is 4.74 Å². The quantitative estimate of drug-likeness (QED) is 0.859. The van der Waals surface area contributed by atoms with Crippen LogP contribution in [0.4, 0.5) is 5.82 Å². The lowest BCUT2D eigenvalue weighted by Gasteiger charge is -2.26. The SMILES string of the molecule is COc1c(NCC2CCC(C)CC2)nc[nH]c1=O. The molecular weight excluding hydrogens is 230 g/mol. The Hall–Kier alpha value is -1.52. The molecule has 0 amide bonds. The van der Waals surface area contributed by atoms with Gasteiger partial charge >= 0.3 is 0 Å². The molecule has 1 aliphatic carbocycles. The Kier molecular flexibility index (Phi) is 4.23. The van der Waals surface area contributed by atoms with Crippen LogP contribution < -0.4 is 15.6 Å². The largest absolute Gasteiger partial charge is 0.489 e. The fourth-order valence-corrected chi connectivity index (χ4v) is 2.48. The number of hydrogen-bond donors (Lipinski definition) is 2. The van der Waals surface area contributed by atoms with Crippen molar-refractivity contribution in [2.24, 2.45) is 11.8 Å². The summed E-state index contributed by atoms with van der Waals surface area (Å²) >= 11 is 0. The van der Waals surface area contributed by atoms with Gasteiger partial charge in [0.25, 0.3) is 5.56 Å². The predicted octanol–water partition coefficient (Wildman–Crippen LogP) is 2.02. The van der Waals surface area contributed by atoms with Crippen LogP contribution in [0, 0.1) is 11.8 Å². The molecule has 1 aliphatic rings. The van der Waals surface area contributed by atoms with E-state index < -0.39 is 0 Å². The molecule has 1 fully saturated rings. The van der Waals surface area contributed by atoms with Gasteiger partial charge in [-0.15, -0.1) is 0 Å². The second-order valence-corrected chi connectivity index (χ2v) is 5.12. The molecule has 0 saturated heterocycles. The molecule has 1 aromatic rings. The molecule has 0 bridgehead atoms. The molecule has 0 atom stereocenters. The first-order valence-electron chi connectivity index (χ1n) is 6.56. The Labute approximate surface area is 107 Å². The van der Waals surface area contributed by atoms with Gasteiger partial charge in [-0.05, 0) is 24.7 Å². The number of rotatable bonds is 4. The number of aromatic nitrogens is 2. The van der Waals surface area contributed by atoms with Crippen molar-refractivity contribution in [3.8, 4) is 5.75 Å². The summed E-state index contributed by atoms with van der Waals surface area (Å²) in [4.78, 5) is 18.1. The van der Waals surface area contributed by atoms with E-state index in [-0.39, 0.29) is 11.3 Å². The van der Waals surface area contributed by atoms with Crippen LogP contribution in [-0.2, 0) is 0 Å². The minimum Gasteiger partial charge on any atom is -0.489 e. The van der Waals surface area contributed by atoms with Gasteiger partial charge in [0, 0.05) is 6.54 Å². The van der Waals surface area contributed by atoms with E-state index in [1.165, 1.54) is 39.1 Å². The van der Waals surface area contributed by atoms with Crippen LogP contribution in [0.5, 0.6) is 5.75 Å². The Balaban J connectivity index is 1.94. The molecule has 0 aliphatic heterocycles. The molecule has 0 radical (unpaired) electrons. The third-order valence-electron chi connectivity index (χ3n) is 3.71. The maximum Gasteiger partial charge on any atom is 0.295 e. The van der Waals surface area contributed by atoms with E-state index in [0.717, 1.165) is 12.5 Å². The summed E-state index contributed by atoms with van der Waals surface area (Å²) in [6, 6.07) is 0. The predicted molar refractivity (Wildman–Crippen MR) is 71.0 cm³/mol. The summed E-state index contributed by atoms with van der Waals surface area (Å²) in [6.07, 6.45) is 6.49. The van der Waals surface area contributed by atoms with Crippen LogP contribution in [0.1, 0.15) is 32.6 Å². The van der Waals surface area contributed by atoms with Crippen LogP contribution in [0.25, 0.3) is 0 Å². The molecule has 1 heterocycles. The van der Waals surface area contributed by atoms with Crippen molar-refractivity contribution < 1.29 is 4.74 Å². The highest BCUT2D eigenvalue weighted by Gasteiger charge is 2.18. The molecule has 2 rings (SSSR count). The summed E-state index contributed by atoms with van der Waals surface area (Å²) in [6.45, 7) is 3.17. The van der Waals surface area contributed by atoms with Crippen LogP contribution in [0.15, 0.2) is 11.1 Å². The zero-order valence-electron chi connectivity index (χ0n) is 11.0. The third kappa shape index (κ3) is 3.03. The maximum absolute atomic E-state index is 11.5. The molecule has 18 heavy (non-hydrogen) atoms. The lowest BCUT2D eigenvalue weighted by Crippen LogP contribution is -2.22. The summed E-state index contributed by atoms with van der Waals surface area (Å²) in [5.41, 5.74) is -0.243. The number of nitrogens with zero attached hydrogens (tertiary/aromatic N) is 1. The van der Waals surface area contributed by atoms with Gasteiger partial charge in [0.15, 0.2) is 5.82 Å². The van der Waals surface area contributed by atoms with Crippen molar-refractivity contribution in [3.63, 3.8) is 0 Å². The van der Waals surface area contributed by atoms with Crippen molar-refractivity contribution in [2.45, 2.75) is 32.6 Å². The summed E-state index contributed by atoms with van der Waals surface area (Å²) < 4.78 is 5.06. The van der Waals surface area contributed by atoms with Gasteiger partial charge in [-0.25, -0.2) is 4.98 Å². The van der Waals surface area contributed by atoms with Gasteiger partial charge < -0.3 is 15.0 Å². The monoisotopic (exact) mass is 251 g/mol. The van der Waals surface area contributed by atoms with Gasteiger partial charge in [-0.1, -0.05) is 19.8 Å². The molecule has 1 saturated carbocycles. The molecule has 100 valence electrons. The molecule has 1 aromatic heterocycles. The maximum atomic E-state index is 11.5. The van der Waals surface area contributed by atoms with E-state index in [0.29, 0.717) is 11.7 Å². The zero-order chi connectivity index (χ0) is 13.0. The number of anilines is 1. The highest BCUT2D eigenvalue weighted by Crippen LogP contribution is 2.28. The minimum atomic E-state index is -0.243. The van der Waals surface area contributed by atoms with Crippen LogP contribution in [0.2, 0.25) is 0 Å². The minimum absolute atomic E-state index is 0.243. The van der Waals surface area contributed by atoms with Gasteiger partial charge in [-0.3, -0.25) is 4.79 Å². The lowest BCUT2D eigenvalue weighted by molar-refractivity contribution is 0.300. The van der Waals surface area contributed by atoms with Crippen molar-refractivity contribution >= 4 is 5.82 Å². The second-order valence-electron chi connectivity index (χ2n) is 5.12. The summed E-state index contributed by atoms with van der Waals surface area (Å²) in [5.74, 6) is 2.34. The highest BCUT2D eigenvalue weighted by molar-refractivity contribution is 5.47. The van der Waals surface area contributed by atoms with Gasteiger partial charge in [0.2, 0.25) is 5.75 Å². The fourth-order valence-electron chi connectivity index (χ4n) is 2.48. The average Bonchev–Trinajstić information content (AvgIpc) is 2.38. The van der Waals surface area contributed by atoms with Gasteiger partial charge in [0.1, 0.15) is 0 Å². The molecule has 0 spiro atoms. The Morgan fingerprint density at radius 2 is 2.17 bits per heavy atom. The molecule has 0 unspecified atom stereocenters. The van der Waals surface area contributed by atoms with Crippen molar-refractivity contribution in [1.82, 2.24) is 9.97 Å². The zero-order valence-corrected chi connectivity index (χ0v) is 11.0. The number of hydrogen-bond acceptors (Lipinski definition) is 4. The molecule has 5 nitrogen and oxygen atoms in total. The lowest BCUT2D eigenvalue weighted by atomic mass is 9.83. The number of methoxy groups -OCH3 is 1. The average molecular weight is 251 g/mol. The van der Waals surface area contributed by atoms with Crippen LogP contribution in [0.3, 0.4) is 0 Å². The number of ether oxygens (including phenoxy) is 1. The second kappa shape index (κ2) is 5.89. The van der Waals surface area contributed by atoms with E-state index in [1.54, 1.807) is 0 Å². The Bertz CT molecular complexity index is 436. The summed E-state index contributed by atoms with van der Waals surface area (Å²) in [5, 5.41) is 3.23. The van der Waals surface area contributed by atoms with E-state index in [9.17, 15) is 4.79 Å². The molecule has 0 aromatic carbocycles. The van der Waals surface area contributed by atoms with Crippen LogP contribution in [-0.4, -0.2) is 23.6 Å². The smallest absolute Gasteiger partial charge is 0.295 e. The Morgan fingerprint density at radius 3 is 2.83 bits per heavy atom. The topological polar surface area (TPSA) is 67.0 Å². The van der Waals surface area contributed by atoms with Crippen molar-refractivity contribution in [3.05, 3.63) is 16.7 Å². The van der Waals surface area contributed by atoms with Crippen LogP contribution >= 0.6 is 0 Å².